The Labute approximate surface area is 391 Å². The van der Waals surface area contributed by atoms with E-state index in [1.165, 1.54) is 55.7 Å². The summed E-state index contributed by atoms with van der Waals surface area (Å²) in [5, 5.41) is 4.54. The van der Waals surface area contributed by atoms with Gasteiger partial charge in [-0.3, -0.25) is 0 Å². The molecular formula is C62H49BN2O2. The molecule has 67 heavy (non-hydrogen) atoms. The van der Waals surface area contributed by atoms with Gasteiger partial charge in [0.05, 0.1) is 0 Å². The average Bonchev–Trinajstić information content (AvgIpc) is 3.91. The van der Waals surface area contributed by atoms with Crippen molar-refractivity contribution in [3.05, 3.63) is 199 Å². The van der Waals surface area contributed by atoms with E-state index >= 15 is 0 Å². The minimum atomic E-state index is -0.152. The molecule has 0 saturated heterocycles. The lowest BCUT2D eigenvalue weighted by Gasteiger charge is -2.45. The minimum Gasteiger partial charge on any atom is -0.456 e. The number of rotatable bonds is 4. The smallest absolute Gasteiger partial charge is 0.252 e. The van der Waals surface area contributed by atoms with Gasteiger partial charge < -0.3 is 18.6 Å². The molecule has 4 nitrogen and oxygen atoms in total. The van der Waals surface area contributed by atoms with Crippen LogP contribution in [0.4, 0.5) is 34.1 Å². The summed E-state index contributed by atoms with van der Waals surface area (Å²) in [5.74, 6) is 0. The zero-order chi connectivity index (χ0) is 45.3. The van der Waals surface area contributed by atoms with Crippen LogP contribution in [0.2, 0.25) is 0 Å². The number of hydrogen-bond donors (Lipinski definition) is 0. The van der Waals surface area contributed by atoms with E-state index in [2.05, 4.69) is 233 Å². The van der Waals surface area contributed by atoms with E-state index < -0.39 is 0 Å². The van der Waals surface area contributed by atoms with Gasteiger partial charge in [0, 0.05) is 67.3 Å². The molecule has 0 aliphatic carbocycles. The molecule has 322 valence electrons. The molecule has 9 aromatic carbocycles. The monoisotopic (exact) mass is 864 g/mol. The van der Waals surface area contributed by atoms with Crippen molar-refractivity contribution in [3.8, 4) is 22.3 Å². The fourth-order valence-corrected chi connectivity index (χ4v) is 10.9. The first-order chi connectivity index (χ1) is 32.5. The van der Waals surface area contributed by atoms with E-state index in [0.29, 0.717) is 0 Å². The van der Waals surface area contributed by atoms with E-state index in [1.807, 2.05) is 6.07 Å². The van der Waals surface area contributed by atoms with Gasteiger partial charge in [0.1, 0.15) is 22.3 Å². The zero-order valence-corrected chi connectivity index (χ0v) is 38.7. The molecule has 2 aliphatic rings. The van der Waals surface area contributed by atoms with Crippen molar-refractivity contribution >= 4 is 101 Å². The standard InChI is InChI=1S/C62H49BN2O2/c1-61(2,3)41-27-32-50-52(33-41)64(44-30-25-40(26-31-44)45-19-14-20-48-46-17-10-13-22-57(46)67-60(45)48)54-34-42(62(4,5)6)35-55-59(54)63(50)51-36-49-47-18-11-12-21-56(47)66-58(49)37-53(51)65(55)43-28-23-39(24-29-43)38-15-8-7-9-16-38/h7-37H,1-6H3. The number of furan rings is 2. The number of para-hydroxylation sites is 3. The molecule has 0 saturated carbocycles. The van der Waals surface area contributed by atoms with E-state index in [0.717, 1.165) is 72.1 Å². The number of anilines is 6. The molecule has 4 heterocycles. The summed E-state index contributed by atoms with van der Waals surface area (Å²) in [6.45, 7) is 13.9. The van der Waals surface area contributed by atoms with Gasteiger partial charge in [-0.25, -0.2) is 0 Å². The predicted molar refractivity (Wildman–Crippen MR) is 283 cm³/mol. The molecule has 0 unspecified atom stereocenters. The average molecular weight is 865 g/mol. The lowest BCUT2D eigenvalue weighted by atomic mass is 9.33. The van der Waals surface area contributed by atoms with E-state index in [1.54, 1.807) is 0 Å². The van der Waals surface area contributed by atoms with Crippen LogP contribution in [0.5, 0.6) is 0 Å². The first-order valence-electron chi connectivity index (χ1n) is 23.5. The minimum absolute atomic E-state index is 0.0443. The summed E-state index contributed by atoms with van der Waals surface area (Å²) >= 11 is 0. The van der Waals surface area contributed by atoms with Crippen molar-refractivity contribution in [3.63, 3.8) is 0 Å². The fraction of sp³-hybridized carbons (Fsp3) is 0.129. The van der Waals surface area contributed by atoms with Crippen LogP contribution < -0.4 is 26.2 Å². The third-order valence-corrected chi connectivity index (χ3v) is 14.4. The van der Waals surface area contributed by atoms with Crippen molar-refractivity contribution in [2.24, 2.45) is 0 Å². The van der Waals surface area contributed by atoms with E-state index in [9.17, 15) is 0 Å². The second-order valence-electron chi connectivity index (χ2n) is 20.6. The quantitative estimate of drug-likeness (QED) is 0.165. The first-order valence-corrected chi connectivity index (χ1v) is 23.5. The molecule has 0 fully saturated rings. The Hall–Kier alpha value is -7.76. The summed E-state index contributed by atoms with van der Waals surface area (Å²) in [5.41, 5.74) is 21.4. The lowest BCUT2D eigenvalue weighted by molar-refractivity contribution is 0.590. The van der Waals surface area contributed by atoms with Crippen LogP contribution in [-0.2, 0) is 10.8 Å². The van der Waals surface area contributed by atoms with Crippen LogP contribution in [0.1, 0.15) is 52.7 Å². The van der Waals surface area contributed by atoms with Gasteiger partial charge in [-0.15, -0.1) is 0 Å². The molecular weight excluding hydrogens is 816 g/mol. The van der Waals surface area contributed by atoms with Crippen molar-refractivity contribution in [2.75, 3.05) is 9.80 Å². The summed E-state index contributed by atoms with van der Waals surface area (Å²) in [6.07, 6.45) is 0. The highest BCUT2D eigenvalue weighted by molar-refractivity contribution is 7.00. The first kappa shape index (κ1) is 39.6. The lowest BCUT2D eigenvalue weighted by Crippen LogP contribution is -2.61. The van der Waals surface area contributed by atoms with Crippen molar-refractivity contribution < 1.29 is 8.83 Å². The Morgan fingerprint density at radius 2 is 0.910 bits per heavy atom. The zero-order valence-electron chi connectivity index (χ0n) is 38.7. The molecule has 11 aromatic rings. The van der Waals surface area contributed by atoms with Crippen LogP contribution >= 0.6 is 0 Å². The molecule has 2 aromatic heterocycles. The molecule has 0 radical (unpaired) electrons. The van der Waals surface area contributed by atoms with Gasteiger partial charge in [-0.1, -0.05) is 169 Å². The Morgan fingerprint density at radius 3 is 1.57 bits per heavy atom. The fourth-order valence-electron chi connectivity index (χ4n) is 10.9. The summed E-state index contributed by atoms with van der Waals surface area (Å²) < 4.78 is 13.2. The third-order valence-electron chi connectivity index (χ3n) is 14.4. The van der Waals surface area contributed by atoms with Gasteiger partial charge in [0.15, 0.2) is 0 Å². The maximum absolute atomic E-state index is 6.69. The normalized spacial score (nSPS) is 13.4. The van der Waals surface area contributed by atoms with Crippen LogP contribution in [0, 0.1) is 0 Å². The van der Waals surface area contributed by atoms with Crippen molar-refractivity contribution in [2.45, 2.75) is 52.4 Å². The molecule has 0 bridgehead atoms. The third kappa shape index (κ3) is 6.14. The Bertz CT molecular complexity index is 3770. The molecule has 2 aliphatic heterocycles. The number of hydrogen-bond acceptors (Lipinski definition) is 4. The molecule has 13 rings (SSSR count). The second-order valence-corrected chi connectivity index (χ2v) is 20.6. The van der Waals surface area contributed by atoms with Gasteiger partial charge in [-0.2, -0.15) is 0 Å². The summed E-state index contributed by atoms with van der Waals surface area (Å²) in [6, 6.07) is 69.1. The number of nitrogens with zero attached hydrogens (tertiary/aromatic N) is 2. The van der Waals surface area contributed by atoms with Gasteiger partial charge in [0.2, 0.25) is 0 Å². The Balaban J connectivity index is 1.08. The molecule has 0 amide bonds. The SMILES string of the molecule is CC(C)(C)c1ccc2c(c1)N(c1ccc(-c3cccc4c3oc3ccccc34)cc1)c1cc(C(C)(C)C)cc3c1B2c1cc2c(cc1N3c1ccc(-c3ccccc3)cc1)oc1ccccc12. The van der Waals surface area contributed by atoms with Gasteiger partial charge >= 0.3 is 0 Å². The van der Waals surface area contributed by atoms with E-state index in [-0.39, 0.29) is 17.5 Å². The molecule has 5 heteroatoms. The van der Waals surface area contributed by atoms with Gasteiger partial charge in [-0.05, 0) is 110 Å². The van der Waals surface area contributed by atoms with Crippen molar-refractivity contribution in [1.82, 2.24) is 0 Å². The molecule has 0 N–H and O–H groups in total. The Morgan fingerprint density at radius 1 is 0.373 bits per heavy atom. The second kappa shape index (κ2) is 14.4. The Kier molecular flexibility index (Phi) is 8.49. The van der Waals surface area contributed by atoms with Crippen LogP contribution in [-0.4, -0.2) is 6.71 Å². The van der Waals surface area contributed by atoms with Crippen LogP contribution in [0.25, 0.3) is 66.1 Å². The maximum Gasteiger partial charge on any atom is 0.252 e. The van der Waals surface area contributed by atoms with Crippen molar-refractivity contribution in [1.29, 1.82) is 0 Å². The summed E-state index contributed by atoms with van der Waals surface area (Å²) in [4.78, 5) is 5.05. The predicted octanol–water partition coefficient (Wildman–Crippen LogP) is 15.5. The highest BCUT2D eigenvalue weighted by Crippen LogP contribution is 2.48. The van der Waals surface area contributed by atoms with Crippen LogP contribution in [0.3, 0.4) is 0 Å². The topological polar surface area (TPSA) is 32.8 Å². The largest absolute Gasteiger partial charge is 0.456 e. The van der Waals surface area contributed by atoms with Gasteiger partial charge in [0.25, 0.3) is 6.71 Å². The molecule has 0 atom stereocenters. The highest BCUT2D eigenvalue weighted by atomic mass is 16.3. The van der Waals surface area contributed by atoms with Crippen LogP contribution in [0.15, 0.2) is 197 Å². The van der Waals surface area contributed by atoms with E-state index in [4.69, 9.17) is 8.83 Å². The number of fused-ring (bicyclic) bond motifs is 10. The highest BCUT2D eigenvalue weighted by Gasteiger charge is 2.45. The molecule has 0 spiro atoms. The number of benzene rings is 9. The summed E-state index contributed by atoms with van der Waals surface area (Å²) in [7, 11) is 0. The maximum atomic E-state index is 6.69.